The van der Waals surface area contributed by atoms with Crippen LogP contribution in [0.4, 0.5) is 5.69 Å². The molecule has 2 rings (SSSR count). The predicted molar refractivity (Wildman–Crippen MR) is 76.3 cm³/mol. The first-order valence-corrected chi connectivity index (χ1v) is 6.57. The minimum atomic E-state index is -0.345. The van der Waals surface area contributed by atoms with E-state index in [0.717, 1.165) is 11.4 Å². The van der Waals surface area contributed by atoms with Crippen LogP contribution in [0.5, 0.6) is 5.75 Å². The average molecular weight is 280 g/mol. The first kappa shape index (κ1) is 13.6. The van der Waals surface area contributed by atoms with Crippen molar-refractivity contribution in [1.82, 2.24) is 5.32 Å². The molecule has 0 unspecified atom stereocenters. The summed E-state index contributed by atoms with van der Waals surface area (Å²) in [4.78, 5) is 11.3. The molecule has 1 aromatic carbocycles. The number of carbonyl (C=O) groups is 1. The van der Waals surface area contributed by atoms with Crippen LogP contribution in [0.15, 0.2) is 24.3 Å². The average Bonchev–Trinajstić information content (AvgIpc) is 2.78. The van der Waals surface area contributed by atoms with Gasteiger partial charge in [-0.2, -0.15) is 0 Å². The molecule has 0 saturated carbocycles. The Morgan fingerprint density at radius 3 is 2.79 bits per heavy atom. The zero-order chi connectivity index (χ0) is 13.7. The summed E-state index contributed by atoms with van der Waals surface area (Å²) in [6, 6.07) is 7.11. The molecule has 0 radical (unpaired) electrons. The summed E-state index contributed by atoms with van der Waals surface area (Å²) in [7, 11) is 0. The van der Waals surface area contributed by atoms with Crippen LogP contribution in [0.25, 0.3) is 0 Å². The van der Waals surface area contributed by atoms with Gasteiger partial charge in [0.2, 0.25) is 0 Å². The van der Waals surface area contributed by atoms with Crippen molar-refractivity contribution in [3.05, 3.63) is 24.3 Å². The maximum Gasteiger partial charge on any atom is 0.328 e. The lowest BCUT2D eigenvalue weighted by Gasteiger charge is -2.13. The normalized spacial score (nSPS) is 17.7. The summed E-state index contributed by atoms with van der Waals surface area (Å²) in [5.74, 6) is 0.558. The molecule has 1 saturated heterocycles. The van der Waals surface area contributed by atoms with Crippen molar-refractivity contribution >= 4 is 29.0 Å². The Kier molecular flexibility index (Phi) is 4.57. The second-order valence-corrected chi connectivity index (χ2v) is 4.47. The fourth-order valence-corrected chi connectivity index (χ4v) is 2.01. The predicted octanol–water partition coefficient (Wildman–Crippen LogP) is 1.69. The van der Waals surface area contributed by atoms with Crippen LogP contribution < -0.4 is 15.4 Å². The molecule has 0 aliphatic carbocycles. The van der Waals surface area contributed by atoms with Crippen molar-refractivity contribution in [2.45, 2.75) is 19.4 Å². The molecule has 6 heteroatoms. The molecule has 0 bridgehead atoms. The lowest BCUT2D eigenvalue weighted by atomic mass is 10.2. The number of carbonyl (C=O) groups excluding carboxylic acids is 1. The van der Waals surface area contributed by atoms with Crippen LogP contribution in [0, 0.1) is 0 Å². The molecular weight excluding hydrogens is 264 g/mol. The maximum atomic E-state index is 11.3. The van der Waals surface area contributed by atoms with Gasteiger partial charge < -0.3 is 20.1 Å². The van der Waals surface area contributed by atoms with E-state index in [1.165, 1.54) is 0 Å². The summed E-state index contributed by atoms with van der Waals surface area (Å²) >= 11 is 5.15. The molecule has 1 aliphatic rings. The van der Waals surface area contributed by atoms with Crippen LogP contribution in [0.2, 0.25) is 0 Å². The lowest BCUT2D eigenvalue weighted by molar-refractivity contribution is -0.139. The van der Waals surface area contributed by atoms with Gasteiger partial charge in [0.15, 0.2) is 5.11 Å². The van der Waals surface area contributed by atoms with Crippen LogP contribution in [0.1, 0.15) is 13.3 Å². The number of nitrogens with one attached hydrogen (secondary N) is 2. The van der Waals surface area contributed by atoms with Gasteiger partial charge >= 0.3 is 5.97 Å². The Bertz CT molecular complexity index is 461. The number of ether oxygens (including phenoxy) is 2. The van der Waals surface area contributed by atoms with Crippen molar-refractivity contribution in [2.24, 2.45) is 0 Å². The molecule has 1 aromatic rings. The van der Waals surface area contributed by atoms with Gasteiger partial charge in [-0.05, 0) is 43.4 Å². The minimum absolute atomic E-state index is 0.254. The molecule has 5 nitrogen and oxygen atoms in total. The zero-order valence-corrected chi connectivity index (χ0v) is 11.5. The Morgan fingerprint density at radius 1 is 1.47 bits per heavy atom. The number of benzene rings is 1. The number of hydrogen-bond acceptors (Lipinski definition) is 4. The van der Waals surface area contributed by atoms with Gasteiger partial charge in [-0.3, -0.25) is 0 Å². The largest absolute Gasteiger partial charge is 0.494 e. The summed E-state index contributed by atoms with van der Waals surface area (Å²) in [5.41, 5.74) is 0.840. The third kappa shape index (κ3) is 3.82. The van der Waals surface area contributed by atoms with Crippen molar-refractivity contribution < 1.29 is 14.3 Å². The summed E-state index contributed by atoms with van der Waals surface area (Å²) in [6.07, 6.45) is 0.643. The Morgan fingerprint density at radius 2 is 2.21 bits per heavy atom. The Balaban J connectivity index is 1.86. The number of rotatable bonds is 4. The molecule has 2 N–H and O–H groups in total. The van der Waals surface area contributed by atoms with E-state index < -0.39 is 0 Å². The van der Waals surface area contributed by atoms with Crippen LogP contribution in [0.3, 0.4) is 0 Å². The molecule has 19 heavy (non-hydrogen) atoms. The molecule has 1 aliphatic heterocycles. The van der Waals surface area contributed by atoms with E-state index in [1.54, 1.807) is 0 Å². The SMILES string of the molecule is CCOc1ccc(NC(=S)N[C@H]2CCOC2=O)cc1. The molecule has 0 spiro atoms. The van der Waals surface area contributed by atoms with Crippen molar-refractivity contribution in [2.75, 3.05) is 18.5 Å². The van der Waals surface area contributed by atoms with Crippen LogP contribution in [-0.2, 0) is 9.53 Å². The van der Waals surface area contributed by atoms with Crippen LogP contribution in [-0.4, -0.2) is 30.3 Å². The highest BCUT2D eigenvalue weighted by Crippen LogP contribution is 2.15. The van der Waals surface area contributed by atoms with Gasteiger partial charge in [0, 0.05) is 12.1 Å². The number of esters is 1. The standard InChI is InChI=1S/C13H16N2O3S/c1-2-17-10-5-3-9(4-6-10)14-13(19)15-11-7-8-18-12(11)16/h3-6,11H,2,7-8H2,1H3,(H2,14,15,19)/t11-/m0/s1. The fourth-order valence-electron chi connectivity index (χ4n) is 1.75. The molecule has 0 aromatic heterocycles. The quantitative estimate of drug-likeness (QED) is 0.646. The Labute approximate surface area is 117 Å². The third-order valence-corrected chi connectivity index (χ3v) is 2.88. The van der Waals surface area contributed by atoms with Crippen molar-refractivity contribution in [3.8, 4) is 5.75 Å². The van der Waals surface area contributed by atoms with E-state index in [4.69, 9.17) is 21.7 Å². The molecular formula is C13H16N2O3S. The van der Waals surface area contributed by atoms with Gasteiger partial charge in [0.1, 0.15) is 11.8 Å². The van der Waals surface area contributed by atoms with Crippen molar-refractivity contribution in [1.29, 1.82) is 0 Å². The summed E-state index contributed by atoms with van der Waals surface area (Å²) < 4.78 is 10.2. The smallest absolute Gasteiger partial charge is 0.328 e. The number of thiocarbonyl (C=S) groups is 1. The molecule has 1 atom stereocenters. The first-order chi connectivity index (χ1) is 9.19. The fraction of sp³-hybridized carbons (Fsp3) is 0.385. The van der Waals surface area contributed by atoms with E-state index in [0.29, 0.717) is 24.7 Å². The third-order valence-electron chi connectivity index (χ3n) is 2.66. The summed E-state index contributed by atoms with van der Waals surface area (Å²) in [5, 5.41) is 6.36. The molecule has 0 amide bonds. The topological polar surface area (TPSA) is 59.6 Å². The number of hydrogen-bond donors (Lipinski definition) is 2. The minimum Gasteiger partial charge on any atom is -0.494 e. The highest BCUT2D eigenvalue weighted by atomic mass is 32.1. The van der Waals surface area contributed by atoms with Gasteiger partial charge in [-0.25, -0.2) is 4.79 Å². The second kappa shape index (κ2) is 6.38. The van der Waals surface area contributed by atoms with E-state index in [9.17, 15) is 4.79 Å². The summed E-state index contributed by atoms with van der Waals surface area (Å²) in [6.45, 7) is 3.02. The highest BCUT2D eigenvalue weighted by Gasteiger charge is 2.26. The van der Waals surface area contributed by atoms with Gasteiger partial charge in [0.05, 0.1) is 13.2 Å². The first-order valence-electron chi connectivity index (χ1n) is 6.16. The maximum absolute atomic E-state index is 11.3. The van der Waals surface area contributed by atoms with Gasteiger partial charge in [-0.15, -0.1) is 0 Å². The molecule has 1 heterocycles. The van der Waals surface area contributed by atoms with Crippen molar-refractivity contribution in [3.63, 3.8) is 0 Å². The Hall–Kier alpha value is -1.82. The lowest BCUT2D eigenvalue weighted by Crippen LogP contribution is -2.40. The van der Waals surface area contributed by atoms with E-state index >= 15 is 0 Å². The zero-order valence-electron chi connectivity index (χ0n) is 10.6. The van der Waals surface area contributed by atoms with E-state index in [2.05, 4.69) is 10.6 Å². The monoisotopic (exact) mass is 280 g/mol. The van der Waals surface area contributed by atoms with E-state index in [1.807, 2.05) is 31.2 Å². The second-order valence-electron chi connectivity index (χ2n) is 4.06. The molecule has 1 fully saturated rings. The van der Waals surface area contributed by atoms with Gasteiger partial charge in [-0.1, -0.05) is 0 Å². The number of cyclic esters (lactones) is 1. The highest BCUT2D eigenvalue weighted by molar-refractivity contribution is 7.80. The van der Waals surface area contributed by atoms with Crippen LogP contribution >= 0.6 is 12.2 Å². The van der Waals surface area contributed by atoms with Gasteiger partial charge in [0.25, 0.3) is 0 Å². The molecule has 102 valence electrons. The number of anilines is 1. The van der Waals surface area contributed by atoms with E-state index in [-0.39, 0.29) is 12.0 Å².